The van der Waals surface area contributed by atoms with Gasteiger partial charge in [0, 0.05) is 6.54 Å². The summed E-state index contributed by atoms with van der Waals surface area (Å²) in [5.74, 6) is 0.627. The molecule has 0 fully saturated rings. The third kappa shape index (κ3) is 1.81. The van der Waals surface area contributed by atoms with Gasteiger partial charge in [-0.3, -0.25) is 15.7 Å². The van der Waals surface area contributed by atoms with Gasteiger partial charge in [-0.05, 0) is 25.0 Å². The van der Waals surface area contributed by atoms with Crippen LogP contribution < -0.4 is 10.2 Å². The van der Waals surface area contributed by atoms with Crippen molar-refractivity contribution < 1.29 is 0 Å². The van der Waals surface area contributed by atoms with Gasteiger partial charge in [-0.15, -0.1) is 0 Å². The molecule has 2 rings (SSSR count). The topological polar surface area (TPSA) is 75.9 Å². The Hall–Kier alpha value is -1.91. The maximum Gasteiger partial charge on any atom is 0.139 e. The van der Waals surface area contributed by atoms with Gasteiger partial charge in [0.2, 0.25) is 0 Å². The first-order chi connectivity index (χ1) is 7.35. The van der Waals surface area contributed by atoms with Crippen LogP contribution in [-0.4, -0.2) is 24.2 Å². The van der Waals surface area contributed by atoms with Crippen molar-refractivity contribution >= 4 is 24.2 Å². The molecule has 0 radical (unpaired) electrons. The number of nitrogens with zero attached hydrogens (tertiary/aromatic N) is 2. The molecule has 0 aromatic carbocycles. The molecule has 2 heterocycles. The fraction of sp³-hybridized carbons (Fsp3) is 0.300. The van der Waals surface area contributed by atoms with E-state index in [4.69, 9.17) is 10.8 Å². The van der Waals surface area contributed by atoms with Crippen LogP contribution in [0.5, 0.6) is 0 Å². The standard InChI is InChI=1S/C10H13N5/c11-6-15(7-12)10-4-3-8-9(14-10)2-1-5-13-8/h3-4,6-7,11-13H,1-2,5H2. The second-order valence-corrected chi connectivity index (χ2v) is 3.36. The normalized spacial score (nSPS) is 13.6. The number of aromatic nitrogens is 1. The van der Waals surface area contributed by atoms with Gasteiger partial charge >= 0.3 is 0 Å². The lowest BCUT2D eigenvalue weighted by atomic mass is 10.1. The third-order valence-electron chi connectivity index (χ3n) is 2.41. The van der Waals surface area contributed by atoms with Gasteiger partial charge in [-0.2, -0.15) is 0 Å². The fourth-order valence-corrected chi connectivity index (χ4v) is 1.63. The highest BCUT2D eigenvalue weighted by molar-refractivity contribution is 5.96. The van der Waals surface area contributed by atoms with Crippen LogP contribution >= 0.6 is 0 Å². The third-order valence-corrected chi connectivity index (χ3v) is 2.41. The van der Waals surface area contributed by atoms with Crippen molar-refractivity contribution in [3.63, 3.8) is 0 Å². The van der Waals surface area contributed by atoms with Crippen molar-refractivity contribution in [3.05, 3.63) is 17.8 Å². The Kier molecular flexibility index (Phi) is 2.62. The smallest absolute Gasteiger partial charge is 0.139 e. The summed E-state index contributed by atoms with van der Waals surface area (Å²) >= 11 is 0. The molecule has 3 N–H and O–H groups in total. The van der Waals surface area contributed by atoms with Crippen molar-refractivity contribution in [1.29, 1.82) is 10.8 Å². The Morgan fingerprint density at radius 1 is 1.33 bits per heavy atom. The summed E-state index contributed by atoms with van der Waals surface area (Å²) in [7, 11) is 0. The predicted molar refractivity (Wildman–Crippen MR) is 61.1 cm³/mol. The van der Waals surface area contributed by atoms with E-state index >= 15 is 0 Å². The van der Waals surface area contributed by atoms with Crippen molar-refractivity contribution in [2.75, 3.05) is 16.8 Å². The number of rotatable bonds is 3. The lowest BCUT2D eigenvalue weighted by Gasteiger charge is -2.19. The first kappa shape index (κ1) is 9.64. The van der Waals surface area contributed by atoms with E-state index in [1.165, 1.54) is 4.90 Å². The number of hydrogen-bond acceptors (Lipinski definition) is 4. The molecular weight excluding hydrogens is 190 g/mol. The minimum atomic E-state index is 0.627. The zero-order chi connectivity index (χ0) is 10.7. The van der Waals surface area contributed by atoms with E-state index in [1.54, 1.807) is 0 Å². The van der Waals surface area contributed by atoms with Crippen molar-refractivity contribution in [2.45, 2.75) is 12.8 Å². The Morgan fingerprint density at radius 3 is 2.87 bits per heavy atom. The molecule has 0 atom stereocenters. The Labute approximate surface area is 88.2 Å². The van der Waals surface area contributed by atoms with E-state index in [9.17, 15) is 0 Å². The van der Waals surface area contributed by atoms with Gasteiger partial charge in [-0.1, -0.05) is 0 Å². The summed E-state index contributed by atoms with van der Waals surface area (Å²) in [6, 6.07) is 3.77. The fourth-order valence-electron chi connectivity index (χ4n) is 1.63. The van der Waals surface area contributed by atoms with Crippen LogP contribution in [0.2, 0.25) is 0 Å². The van der Waals surface area contributed by atoms with Crippen LogP contribution in [0.3, 0.4) is 0 Å². The van der Waals surface area contributed by atoms with Gasteiger partial charge in [0.05, 0.1) is 24.1 Å². The lowest BCUT2D eigenvalue weighted by Crippen LogP contribution is -2.21. The van der Waals surface area contributed by atoms with Gasteiger partial charge in [0.15, 0.2) is 0 Å². The highest BCUT2D eigenvalue weighted by Gasteiger charge is 2.11. The second-order valence-electron chi connectivity index (χ2n) is 3.36. The highest BCUT2D eigenvalue weighted by Crippen LogP contribution is 2.22. The molecule has 0 saturated carbocycles. The van der Waals surface area contributed by atoms with Gasteiger partial charge < -0.3 is 5.32 Å². The van der Waals surface area contributed by atoms with E-state index in [1.807, 2.05) is 12.1 Å². The zero-order valence-electron chi connectivity index (χ0n) is 8.33. The maximum atomic E-state index is 7.13. The second kappa shape index (κ2) is 4.08. The SMILES string of the molecule is N=CN(C=N)c1ccc2c(n1)CCCN2. The molecule has 0 amide bonds. The molecule has 78 valence electrons. The summed E-state index contributed by atoms with van der Waals surface area (Å²) in [5.41, 5.74) is 2.09. The van der Waals surface area contributed by atoms with Gasteiger partial charge in [0.25, 0.3) is 0 Å². The molecule has 1 aliphatic heterocycles. The average molecular weight is 203 g/mol. The van der Waals surface area contributed by atoms with E-state index in [0.717, 1.165) is 43.4 Å². The van der Waals surface area contributed by atoms with Gasteiger partial charge in [0.1, 0.15) is 5.82 Å². The van der Waals surface area contributed by atoms with Crippen LogP contribution in [0.1, 0.15) is 12.1 Å². The molecule has 0 saturated heterocycles. The zero-order valence-corrected chi connectivity index (χ0v) is 8.33. The molecule has 0 aliphatic carbocycles. The summed E-state index contributed by atoms with van der Waals surface area (Å²) in [4.78, 5) is 5.79. The molecule has 0 spiro atoms. The first-order valence-electron chi connectivity index (χ1n) is 4.88. The maximum absolute atomic E-state index is 7.13. The molecule has 1 aliphatic rings. The van der Waals surface area contributed by atoms with E-state index in [0.29, 0.717) is 5.82 Å². The van der Waals surface area contributed by atoms with E-state index in [2.05, 4.69) is 10.3 Å². The van der Waals surface area contributed by atoms with Crippen LogP contribution in [0.4, 0.5) is 11.5 Å². The van der Waals surface area contributed by atoms with Crippen LogP contribution in [0.15, 0.2) is 12.1 Å². The number of nitrogens with one attached hydrogen (secondary N) is 3. The molecule has 0 unspecified atom stereocenters. The number of anilines is 2. The quantitative estimate of drug-likeness (QED) is 0.514. The van der Waals surface area contributed by atoms with E-state index < -0.39 is 0 Å². The van der Waals surface area contributed by atoms with Crippen LogP contribution in [0.25, 0.3) is 0 Å². The molecule has 1 aromatic heterocycles. The van der Waals surface area contributed by atoms with Crippen LogP contribution in [0, 0.1) is 10.8 Å². The summed E-state index contributed by atoms with van der Waals surface area (Å²) in [6.45, 7) is 0.993. The summed E-state index contributed by atoms with van der Waals surface area (Å²) in [5, 5.41) is 17.5. The van der Waals surface area contributed by atoms with Crippen molar-refractivity contribution in [1.82, 2.24) is 4.98 Å². The minimum Gasteiger partial charge on any atom is -0.384 e. The lowest BCUT2D eigenvalue weighted by molar-refractivity contribution is 0.802. The monoisotopic (exact) mass is 203 g/mol. The van der Waals surface area contributed by atoms with E-state index in [-0.39, 0.29) is 0 Å². The van der Waals surface area contributed by atoms with Crippen LogP contribution in [-0.2, 0) is 6.42 Å². The Balaban J connectivity index is 2.34. The first-order valence-corrected chi connectivity index (χ1v) is 4.88. The number of fused-ring (bicyclic) bond motifs is 1. The molecule has 1 aromatic rings. The van der Waals surface area contributed by atoms with Crippen molar-refractivity contribution in [3.8, 4) is 0 Å². The molecule has 5 nitrogen and oxygen atoms in total. The number of hydrogen-bond donors (Lipinski definition) is 3. The summed E-state index contributed by atoms with van der Waals surface area (Å²) in [6.07, 6.45) is 4.20. The Morgan fingerprint density at radius 2 is 2.13 bits per heavy atom. The minimum absolute atomic E-state index is 0.627. The average Bonchev–Trinajstić information content (AvgIpc) is 2.30. The molecule has 0 bridgehead atoms. The van der Waals surface area contributed by atoms with Gasteiger partial charge in [-0.25, -0.2) is 4.98 Å². The molecule has 5 heteroatoms. The Bertz CT molecular complexity index is 379. The van der Waals surface area contributed by atoms with Crippen molar-refractivity contribution in [2.24, 2.45) is 0 Å². The predicted octanol–water partition coefficient (Wildman–Crippen LogP) is 1.46. The number of pyridine rings is 1. The molecule has 15 heavy (non-hydrogen) atoms. The summed E-state index contributed by atoms with van der Waals surface area (Å²) < 4.78 is 0. The largest absolute Gasteiger partial charge is 0.384 e. The number of aryl methyl sites for hydroxylation is 1. The molecular formula is C10H13N5. The highest BCUT2D eigenvalue weighted by atomic mass is 15.2.